The second kappa shape index (κ2) is 6.63. The number of fused-ring (bicyclic) bond motifs is 1. The smallest absolute Gasteiger partial charge is 0.267 e. The highest BCUT2D eigenvalue weighted by Crippen LogP contribution is 2.18. The Kier molecular flexibility index (Phi) is 4.40. The lowest BCUT2D eigenvalue weighted by molar-refractivity contribution is 0.0956. The van der Waals surface area contributed by atoms with Gasteiger partial charge < -0.3 is 0 Å². The molecule has 0 unspecified atom stereocenters. The maximum atomic E-state index is 12.4. The summed E-state index contributed by atoms with van der Waals surface area (Å²) in [5.74, 6) is -0.227. The van der Waals surface area contributed by atoms with Crippen LogP contribution in [0.1, 0.15) is 22.8 Å². The standard InChI is InChI=1S/C19H15ClN2O/c1-13(14-9-11-16(20)12-10-14)21-22-19(23)18-8-4-6-15-5-2-3-7-17(15)18/h2-12H,1H3,(H,22,23)/b21-13+. The first-order valence-electron chi connectivity index (χ1n) is 7.23. The molecule has 0 saturated heterocycles. The van der Waals surface area contributed by atoms with Crippen molar-refractivity contribution in [2.75, 3.05) is 0 Å². The lowest BCUT2D eigenvalue weighted by Crippen LogP contribution is -2.19. The molecule has 1 N–H and O–H groups in total. The lowest BCUT2D eigenvalue weighted by atomic mass is 10.0. The first-order chi connectivity index (χ1) is 11.1. The van der Waals surface area contributed by atoms with E-state index in [4.69, 9.17) is 11.6 Å². The number of amides is 1. The molecule has 3 rings (SSSR count). The highest BCUT2D eigenvalue weighted by atomic mass is 35.5. The summed E-state index contributed by atoms with van der Waals surface area (Å²) in [7, 11) is 0. The fourth-order valence-corrected chi connectivity index (χ4v) is 2.50. The second-order valence-corrected chi connectivity index (χ2v) is 5.61. The summed E-state index contributed by atoms with van der Waals surface area (Å²) in [6.07, 6.45) is 0. The zero-order valence-corrected chi connectivity index (χ0v) is 13.3. The number of carbonyl (C=O) groups excluding carboxylic acids is 1. The SMILES string of the molecule is C/C(=N\NC(=O)c1cccc2ccccc12)c1ccc(Cl)cc1. The Morgan fingerprint density at radius 1 is 0.957 bits per heavy atom. The summed E-state index contributed by atoms with van der Waals surface area (Å²) in [5, 5.41) is 6.78. The lowest BCUT2D eigenvalue weighted by Gasteiger charge is -2.06. The minimum Gasteiger partial charge on any atom is -0.267 e. The molecule has 0 aliphatic carbocycles. The second-order valence-electron chi connectivity index (χ2n) is 5.17. The van der Waals surface area contributed by atoms with Crippen molar-refractivity contribution in [1.29, 1.82) is 0 Å². The molecule has 0 radical (unpaired) electrons. The maximum Gasteiger partial charge on any atom is 0.272 e. The van der Waals surface area contributed by atoms with E-state index in [1.54, 1.807) is 18.2 Å². The summed E-state index contributed by atoms with van der Waals surface area (Å²) in [4.78, 5) is 12.4. The van der Waals surface area contributed by atoms with Crippen molar-refractivity contribution in [3.8, 4) is 0 Å². The molecule has 0 saturated carbocycles. The van der Waals surface area contributed by atoms with Gasteiger partial charge in [-0.05, 0) is 41.5 Å². The third-order valence-electron chi connectivity index (χ3n) is 3.62. The van der Waals surface area contributed by atoms with Gasteiger partial charge in [-0.2, -0.15) is 5.10 Å². The number of nitrogens with zero attached hydrogens (tertiary/aromatic N) is 1. The summed E-state index contributed by atoms with van der Waals surface area (Å²) < 4.78 is 0. The van der Waals surface area contributed by atoms with Crippen molar-refractivity contribution in [2.45, 2.75) is 6.92 Å². The van der Waals surface area contributed by atoms with Crippen LogP contribution in [0.25, 0.3) is 10.8 Å². The molecule has 0 aliphatic rings. The highest BCUT2D eigenvalue weighted by molar-refractivity contribution is 6.30. The summed E-state index contributed by atoms with van der Waals surface area (Å²) >= 11 is 5.87. The molecule has 23 heavy (non-hydrogen) atoms. The van der Waals surface area contributed by atoms with Crippen molar-refractivity contribution in [2.24, 2.45) is 5.10 Å². The van der Waals surface area contributed by atoms with Gasteiger partial charge in [0, 0.05) is 10.6 Å². The van der Waals surface area contributed by atoms with Crippen LogP contribution in [0, 0.1) is 0 Å². The number of carbonyl (C=O) groups is 1. The molecule has 3 aromatic carbocycles. The number of halogens is 1. The Labute approximate surface area is 139 Å². The van der Waals surface area contributed by atoms with Crippen molar-refractivity contribution in [3.63, 3.8) is 0 Å². The van der Waals surface area contributed by atoms with Gasteiger partial charge in [0.15, 0.2) is 0 Å². The van der Waals surface area contributed by atoms with E-state index < -0.39 is 0 Å². The van der Waals surface area contributed by atoms with E-state index in [2.05, 4.69) is 10.5 Å². The molecule has 4 heteroatoms. The first kappa shape index (κ1) is 15.3. The average molecular weight is 323 g/mol. The van der Waals surface area contributed by atoms with E-state index in [0.717, 1.165) is 22.0 Å². The summed E-state index contributed by atoms with van der Waals surface area (Å²) in [6, 6.07) is 20.7. The van der Waals surface area contributed by atoms with Crippen LogP contribution >= 0.6 is 11.6 Å². The van der Waals surface area contributed by atoms with Gasteiger partial charge in [0.25, 0.3) is 5.91 Å². The van der Waals surface area contributed by atoms with Gasteiger partial charge in [-0.1, -0.05) is 60.1 Å². The zero-order valence-electron chi connectivity index (χ0n) is 12.6. The Morgan fingerprint density at radius 2 is 1.65 bits per heavy atom. The molecule has 1 amide bonds. The largest absolute Gasteiger partial charge is 0.272 e. The number of hydrogen-bond donors (Lipinski definition) is 1. The molecule has 0 spiro atoms. The van der Waals surface area contributed by atoms with Gasteiger partial charge in [0.05, 0.1) is 5.71 Å². The fraction of sp³-hybridized carbons (Fsp3) is 0.0526. The molecule has 3 nitrogen and oxygen atoms in total. The van der Waals surface area contributed by atoms with Crippen LogP contribution < -0.4 is 5.43 Å². The molecule has 114 valence electrons. The number of hydrazone groups is 1. The van der Waals surface area contributed by atoms with E-state index in [-0.39, 0.29) is 5.91 Å². The predicted octanol–water partition coefficient (Wildman–Crippen LogP) is 4.65. The number of hydrogen-bond acceptors (Lipinski definition) is 2. The highest BCUT2D eigenvalue weighted by Gasteiger charge is 2.09. The van der Waals surface area contributed by atoms with Crippen LogP contribution in [0.3, 0.4) is 0 Å². The monoisotopic (exact) mass is 322 g/mol. The van der Waals surface area contributed by atoms with Crippen molar-refractivity contribution >= 4 is 34.0 Å². The number of benzene rings is 3. The molecular formula is C19H15ClN2O. The number of rotatable bonds is 3. The predicted molar refractivity (Wildman–Crippen MR) is 95.1 cm³/mol. The number of nitrogens with one attached hydrogen (secondary N) is 1. The molecule has 0 aromatic heterocycles. The van der Waals surface area contributed by atoms with Crippen LogP contribution in [0.4, 0.5) is 0 Å². The van der Waals surface area contributed by atoms with E-state index >= 15 is 0 Å². The van der Waals surface area contributed by atoms with E-state index in [1.807, 2.05) is 55.5 Å². The van der Waals surface area contributed by atoms with Crippen LogP contribution in [0.15, 0.2) is 71.8 Å². The molecule has 0 heterocycles. The van der Waals surface area contributed by atoms with E-state index in [0.29, 0.717) is 10.6 Å². The minimum absolute atomic E-state index is 0.227. The van der Waals surface area contributed by atoms with Gasteiger partial charge in [0.2, 0.25) is 0 Å². The van der Waals surface area contributed by atoms with Gasteiger partial charge in [-0.15, -0.1) is 0 Å². The van der Waals surface area contributed by atoms with Gasteiger partial charge in [-0.25, -0.2) is 5.43 Å². The average Bonchev–Trinajstić information content (AvgIpc) is 2.59. The van der Waals surface area contributed by atoms with Crippen molar-refractivity contribution in [3.05, 3.63) is 82.9 Å². The molecular weight excluding hydrogens is 308 g/mol. The van der Waals surface area contributed by atoms with Crippen molar-refractivity contribution < 1.29 is 4.79 Å². The van der Waals surface area contributed by atoms with Crippen molar-refractivity contribution in [1.82, 2.24) is 5.43 Å². The Bertz CT molecular complexity index is 880. The normalized spacial score (nSPS) is 11.5. The Balaban J connectivity index is 1.83. The molecule has 0 bridgehead atoms. The summed E-state index contributed by atoms with van der Waals surface area (Å²) in [6.45, 7) is 1.84. The Morgan fingerprint density at radius 3 is 2.43 bits per heavy atom. The molecule has 0 fully saturated rings. The van der Waals surface area contributed by atoms with Gasteiger partial charge >= 0.3 is 0 Å². The zero-order chi connectivity index (χ0) is 16.2. The molecule has 0 aliphatic heterocycles. The Hall–Kier alpha value is -2.65. The minimum atomic E-state index is -0.227. The quantitative estimate of drug-likeness (QED) is 0.553. The van der Waals surface area contributed by atoms with Crippen LogP contribution in [0.2, 0.25) is 5.02 Å². The third kappa shape index (κ3) is 3.41. The molecule has 3 aromatic rings. The van der Waals surface area contributed by atoms with Crippen LogP contribution in [-0.2, 0) is 0 Å². The third-order valence-corrected chi connectivity index (χ3v) is 3.87. The van der Waals surface area contributed by atoms with Gasteiger partial charge in [0.1, 0.15) is 0 Å². The van der Waals surface area contributed by atoms with E-state index in [9.17, 15) is 4.79 Å². The van der Waals surface area contributed by atoms with Crippen LogP contribution in [-0.4, -0.2) is 11.6 Å². The summed E-state index contributed by atoms with van der Waals surface area (Å²) in [5.41, 5.74) is 4.85. The fourth-order valence-electron chi connectivity index (χ4n) is 2.37. The topological polar surface area (TPSA) is 41.5 Å². The van der Waals surface area contributed by atoms with Gasteiger partial charge in [-0.3, -0.25) is 4.79 Å². The maximum absolute atomic E-state index is 12.4. The van der Waals surface area contributed by atoms with Crippen LogP contribution in [0.5, 0.6) is 0 Å². The van der Waals surface area contributed by atoms with E-state index in [1.165, 1.54) is 0 Å². The molecule has 0 atom stereocenters. The first-order valence-corrected chi connectivity index (χ1v) is 7.61.